The number of nitrogens with zero attached hydrogens (tertiary/aromatic N) is 3. The fourth-order valence-electron chi connectivity index (χ4n) is 1.00. The van der Waals surface area contributed by atoms with Gasteiger partial charge in [0.1, 0.15) is 5.82 Å². The third-order valence-corrected chi connectivity index (χ3v) is 1.68. The number of hydrogen-bond acceptors (Lipinski definition) is 5. The first kappa shape index (κ1) is 13.5. The molecule has 1 heterocycles. The summed E-state index contributed by atoms with van der Waals surface area (Å²) in [4.78, 5) is 11.5. The molecule has 0 aliphatic rings. The minimum atomic E-state index is -4.41. The highest BCUT2D eigenvalue weighted by atomic mass is 19.4. The van der Waals surface area contributed by atoms with Gasteiger partial charge >= 0.3 is 12.2 Å². The number of rotatable bonds is 5. The molecule has 0 amide bonds. The van der Waals surface area contributed by atoms with Gasteiger partial charge in [0.05, 0.1) is 0 Å². The Morgan fingerprint density at radius 2 is 1.88 bits per heavy atom. The van der Waals surface area contributed by atoms with Crippen LogP contribution in [0.2, 0.25) is 0 Å². The van der Waals surface area contributed by atoms with Crippen LogP contribution in [0.25, 0.3) is 0 Å². The van der Waals surface area contributed by atoms with Crippen LogP contribution in [0.1, 0.15) is 19.7 Å². The van der Waals surface area contributed by atoms with Crippen molar-refractivity contribution in [3.8, 4) is 6.01 Å². The van der Waals surface area contributed by atoms with E-state index in [2.05, 4.69) is 25.0 Å². The van der Waals surface area contributed by atoms with Gasteiger partial charge in [0.2, 0.25) is 5.95 Å². The number of ether oxygens (including phenoxy) is 1. The van der Waals surface area contributed by atoms with Gasteiger partial charge in [0.25, 0.3) is 0 Å². The summed E-state index contributed by atoms with van der Waals surface area (Å²) >= 11 is 0. The second-order valence-corrected chi connectivity index (χ2v) is 3.15. The molecule has 0 aromatic carbocycles. The molecule has 1 N–H and O–H groups in total. The molecule has 1 aromatic rings. The van der Waals surface area contributed by atoms with E-state index in [4.69, 9.17) is 0 Å². The van der Waals surface area contributed by atoms with Crippen LogP contribution in [0.15, 0.2) is 0 Å². The van der Waals surface area contributed by atoms with Crippen molar-refractivity contribution >= 4 is 5.95 Å². The highest BCUT2D eigenvalue weighted by molar-refractivity contribution is 5.25. The van der Waals surface area contributed by atoms with Crippen molar-refractivity contribution in [1.29, 1.82) is 0 Å². The molecule has 0 radical (unpaired) electrons. The standard InChI is InChI=1S/C9H13F3N4O/c1-3-6-14-7(13-4-2)16-8(15-6)17-5-9(10,11)12/h3-5H2,1-2H3,(H,13,14,15,16). The Bertz CT molecular complexity index is 370. The van der Waals surface area contributed by atoms with E-state index in [9.17, 15) is 13.2 Å². The van der Waals surface area contributed by atoms with Crippen LogP contribution in [0.5, 0.6) is 6.01 Å². The quantitative estimate of drug-likeness (QED) is 0.863. The van der Waals surface area contributed by atoms with Gasteiger partial charge in [-0.15, -0.1) is 0 Å². The van der Waals surface area contributed by atoms with Crippen molar-refractivity contribution in [3.05, 3.63) is 5.82 Å². The summed E-state index contributed by atoms with van der Waals surface area (Å²) in [5, 5.41) is 2.80. The van der Waals surface area contributed by atoms with Crippen molar-refractivity contribution in [1.82, 2.24) is 15.0 Å². The minimum Gasteiger partial charge on any atom is -0.454 e. The predicted octanol–water partition coefficient (Wildman–Crippen LogP) is 1.81. The van der Waals surface area contributed by atoms with Gasteiger partial charge in [-0.1, -0.05) is 6.92 Å². The average Bonchev–Trinajstić information content (AvgIpc) is 2.25. The Kier molecular flexibility index (Phi) is 4.47. The Balaban J connectivity index is 2.79. The molecule has 1 aromatic heterocycles. The molecule has 0 aliphatic heterocycles. The molecule has 96 valence electrons. The molecular weight excluding hydrogens is 237 g/mol. The van der Waals surface area contributed by atoms with E-state index in [-0.39, 0.29) is 12.0 Å². The fourth-order valence-corrected chi connectivity index (χ4v) is 1.00. The van der Waals surface area contributed by atoms with Crippen LogP contribution in [-0.4, -0.2) is 34.3 Å². The van der Waals surface area contributed by atoms with Crippen LogP contribution >= 0.6 is 0 Å². The van der Waals surface area contributed by atoms with E-state index in [0.717, 1.165) is 0 Å². The van der Waals surface area contributed by atoms with Gasteiger partial charge in [-0.2, -0.15) is 28.1 Å². The van der Waals surface area contributed by atoms with Crippen LogP contribution in [0.3, 0.4) is 0 Å². The second kappa shape index (κ2) is 5.65. The molecular formula is C9H13F3N4O. The largest absolute Gasteiger partial charge is 0.454 e. The molecule has 0 aliphatic carbocycles. The first-order valence-corrected chi connectivity index (χ1v) is 5.13. The Hall–Kier alpha value is -1.60. The lowest BCUT2D eigenvalue weighted by atomic mass is 10.4. The van der Waals surface area contributed by atoms with Crippen molar-refractivity contribution in [2.24, 2.45) is 0 Å². The van der Waals surface area contributed by atoms with Crippen molar-refractivity contribution in [3.63, 3.8) is 0 Å². The van der Waals surface area contributed by atoms with E-state index in [1.54, 1.807) is 6.92 Å². The van der Waals surface area contributed by atoms with E-state index >= 15 is 0 Å². The van der Waals surface area contributed by atoms with E-state index in [1.165, 1.54) is 0 Å². The predicted molar refractivity (Wildman–Crippen MR) is 54.9 cm³/mol. The number of aryl methyl sites for hydroxylation is 1. The molecule has 8 heteroatoms. The normalized spacial score (nSPS) is 11.4. The van der Waals surface area contributed by atoms with Crippen LogP contribution in [0.4, 0.5) is 19.1 Å². The van der Waals surface area contributed by atoms with Gasteiger partial charge in [-0.25, -0.2) is 0 Å². The number of alkyl halides is 3. The van der Waals surface area contributed by atoms with Crippen LogP contribution < -0.4 is 10.1 Å². The van der Waals surface area contributed by atoms with Crippen LogP contribution in [0, 0.1) is 0 Å². The van der Waals surface area contributed by atoms with E-state index < -0.39 is 12.8 Å². The Morgan fingerprint density at radius 1 is 1.18 bits per heavy atom. The molecule has 0 bridgehead atoms. The minimum absolute atomic E-state index is 0.219. The Labute approximate surface area is 96.4 Å². The van der Waals surface area contributed by atoms with Crippen LogP contribution in [-0.2, 0) is 6.42 Å². The summed E-state index contributed by atoms with van der Waals surface area (Å²) in [5.41, 5.74) is 0. The monoisotopic (exact) mass is 250 g/mol. The number of aromatic nitrogens is 3. The zero-order chi connectivity index (χ0) is 12.9. The SMILES string of the molecule is CCNc1nc(CC)nc(OCC(F)(F)F)n1. The summed E-state index contributed by atoms with van der Waals surface area (Å²) in [5.74, 6) is 0.602. The summed E-state index contributed by atoms with van der Waals surface area (Å²) in [6, 6.07) is -0.315. The van der Waals surface area contributed by atoms with E-state index in [1.807, 2.05) is 6.92 Å². The molecule has 0 spiro atoms. The molecule has 1 rings (SSSR count). The zero-order valence-corrected chi connectivity index (χ0v) is 9.51. The lowest BCUT2D eigenvalue weighted by Gasteiger charge is -2.09. The molecule has 0 atom stereocenters. The lowest BCUT2D eigenvalue weighted by Crippen LogP contribution is -2.21. The lowest BCUT2D eigenvalue weighted by molar-refractivity contribution is -0.154. The number of nitrogens with one attached hydrogen (secondary N) is 1. The number of anilines is 1. The van der Waals surface area contributed by atoms with Crippen molar-refractivity contribution < 1.29 is 17.9 Å². The fraction of sp³-hybridized carbons (Fsp3) is 0.667. The summed E-state index contributed by atoms with van der Waals surface area (Å²) in [6.07, 6.45) is -3.92. The molecule has 0 fully saturated rings. The highest BCUT2D eigenvalue weighted by Gasteiger charge is 2.29. The second-order valence-electron chi connectivity index (χ2n) is 3.15. The maximum absolute atomic E-state index is 12.0. The van der Waals surface area contributed by atoms with Gasteiger partial charge in [-0.3, -0.25) is 0 Å². The topological polar surface area (TPSA) is 59.9 Å². The van der Waals surface area contributed by atoms with Gasteiger partial charge in [0, 0.05) is 13.0 Å². The molecule has 5 nitrogen and oxygen atoms in total. The average molecular weight is 250 g/mol. The van der Waals surface area contributed by atoms with Gasteiger partial charge in [0.15, 0.2) is 6.61 Å². The summed E-state index contributed by atoms with van der Waals surface area (Å²) < 4.78 is 40.4. The molecule has 0 saturated heterocycles. The van der Waals surface area contributed by atoms with Gasteiger partial charge in [-0.05, 0) is 6.92 Å². The van der Waals surface area contributed by atoms with E-state index in [0.29, 0.717) is 18.8 Å². The first-order valence-electron chi connectivity index (χ1n) is 5.13. The Morgan fingerprint density at radius 3 is 2.41 bits per heavy atom. The maximum Gasteiger partial charge on any atom is 0.422 e. The number of halogens is 3. The van der Waals surface area contributed by atoms with Gasteiger partial charge < -0.3 is 10.1 Å². The summed E-state index contributed by atoms with van der Waals surface area (Å²) in [6.45, 7) is 2.77. The number of hydrogen-bond donors (Lipinski definition) is 1. The third kappa shape index (κ3) is 4.83. The van der Waals surface area contributed by atoms with Crippen molar-refractivity contribution in [2.45, 2.75) is 26.4 Å². The smallest absolute Gasteiger partial charge is 0.422 e. The highest BCUT2D eigenvalue weighted by Crippen LogP contribution is 2.16. The maximum atomic E-state index is 12.0. The third-order valence-electron chi connectivity index (χ3n) is 1.68. The first-order chi connectivity index (χ1) is 7.94. The molecule has 0 unspecified atom stereocenters. The zero-order valence-electron chi connectivity index (χ0n) is 9.51. The molecule has 17 heavy (non-hydrogen) atoms. The molecule has 0 saturated carbocycles. The van der Waals surface area contributed by atoms with Crippen molar-refractivity contribution in [2.75, 3.05) is 18.5 Å². The summed E-state index contributed by atoms with van der Waals surface area (Å²) in [7, 11) is 0.